The summed E-state index contributed by atoms with van der Waals surface area (Å²) < 4.78 is 62.6. The summed E-state index contributed by atoms with van der Waals surface area (Å²) in [5, 5.41) is 7.68. The molecule has 0 fully saturated rings. The Bertz CT molecular complexity index is 514. The lowest BCUT2D eigenvalue weighted by Crippen LogP contribution is -2.16. The molecule has 0 saturated carbocycles. The van der Waals surface area contributed by atoms with Gasteiger partial charge in [-0.15, -0.1) is 0 Å². The summed E-state index contributed by atoms with van der Waals surface area (Å²) in [6.07, 6.45) is -6.12. The molecule has 0 aromatic carbocycles. The fraction of sp³-hybridized carbons (Fsp3) is 0.375. The minimum absolute atomic E-state index is 0.643. The highest BCUT2D eigenvalue weighted by molar-refractivity contribution is 7.91. The van der Waals surface area contributed by atoms with Crippen molar-refractivity contribution < 1.29 is 35.9 Å². The first-order valence-corrected chi connectivity index (χ1v) is 5.90. The summed E-state index contributed by atoms with van der Waals surface area (Å²) in [6, 6.07) is 1.68. The molecule has 96 valence electrons. The van der Waals surface area contributed by atoms with Crippen molar-refractivity contribution in [3.63, 3.8) is 0 Å². The number of carbonyl (C=O) groups is 1. The summed E-state index contributed by atoms with van der Waals surface area (Å²) in [5.41, 5.74) is 0. The molecule has 0 spiro atoms. The van der Waals surface area contributed by atoms with Gasteiger partial charge in [-0.2, -0.15) is 13.2 Å². The maximum atomic E-state index is 11.8. The molecule has 1 aromatic rings. The summed E-state index contributed by atoms with van der Waals surface area (Å²) in [4.78, 5) is 10.4. The summed E-state index contributed by atoms with van der Waals surface area (Å²) >= 11 is 0. The predicted octanol–water partition coefficient (Wildman–Crippen LogP) is 1.70. The molecule has 5 nitrogen and oxygen atoms in total. The third-order valence-electron chi connectivity index (χ3n) is 1.75. The molecule has 0 aliphatic heterocycles. The van der Waals surface area contributed by atoms with Crippen molar-refractivity contribution in [1.29, 1.82) is 0 Å². The second-order valence-electron chi connectivity index (χ2n) is 3.11. The third-order valence-corrected chi connectivity index (χ3v) is 3.33. The van der Waals surface area contributed by atoms with Crippen LogP contribution < -0.4 is 0 Å². The molecule has 1 N–H and O–H groups in total. The van der Waals surface area contributed by atoms with E-state index in [1.54, 1.807) is 0 Å². The van der Waals surface area contributed by atoms with Crippen molar-refractivity contribution in [2.75, 3.05) is 5.75 Å². The summed E-state index contributed by atoms with van der Waals surface area (Å²) in [7, 11) is -4.26. The Kier molecular flexibility index (Phi) is 3.51. The summed E-state index contributed by atoms with van der Waals surface area (Å²) in [5.74, 6) is -3.32. The van der Waals surface area contributed by atoms with Crippen LogP contribution in [-0.4, -0.2) is 31.4 Å². The average molecular weight is 272 g/mol. The second-order valence-corrected chi connectivity index (χ2v) is 5.15. The molecule has 1 rings (SSSR count). The highest BCUT2D eigenvalue weighted by atomic mass is 32.2. The molecule has 9 heteroatoms. The van der Waals surface area contributed by atoms with E-state index in [-0.39, 0.29) is 0 Å². The van der Waals surface area contributed by atoms with Gasteiger partial charge in [-0.25, -0.2) is 13.2 Å². The zero-order valence-corrected chi connectivity index (χ0v) is 9.01. The number of carboxylic acids is 1. The zero-order chi connectivity index (χ0) is 13.3. The Morgan fingerprint density at radius 2 is 1.94 bits per heavy atom. The fourth-order valence-corrected chi connectivity index (χ4v) is 2.15. The van der Waals surface area contributed by atoms with Crippen LogP contribution in [0.25, 0.3) is 0 Å². The molecule has 0 saturated heterocycles. The molecule has 0 unspecified atom stereocenters. The highest BCUT2D eigenvalue weighted by Gasteiger charge is 2.31. The second kappa shape index (κ2) is 4.40. The fourth-order valence-electron chi connectivity index (χ4n) is 0.953. The molecule has 0 atom stereocenters. The quantitative estimate of drug-likeness (QED) is 0.901. The molecule has 1 heterocycles. The molecule has 1 aromatic heterocycles. The number of halogens is 3. The van der Waals surface area contributed by atoms with Crippen LogP contribution in [0.2, 0.25) is 0 Å². The van der Waals surface area contributed by atoms with E-state index in [1.807, 2.05) is 0 Å². The number of hydrogen-bond donors (Lipinski definition) is 1. The van der Waals surface area contributed by atoms with E-state index in [9.17, 15) is 26.4 Å². The van der Waals surface area contributed by atoms with E-state index >= 15 is 0 Å². The predicted molar refractivity (Wildman–Crippen MR) is 48.4 cm³/mol. The Morgan fingerprint density at radius 1 is 1.35 bits per heavy atom. The Labute approximate surface area is 93.8 Å². The zero-order valence-electron chi connectivity index (χ0n) is 8.19. The van der Waals surface area contributed by atoms with E-state index in [4.69, 9.17) is 5.11 Å². The smallest absolute Gasteiger partial charge is 0.390 e. The standard InChI is InChI=1S/C8H7F3O5S/c9-8(10,11)3-4-17(14,15)6-2-1-5(16-6)7(12)13/h1-2H,3-4H2,(H,12,13). The first kappa shape index (κ1) is 13.6. The van der Waals surface area contributed by atoms with Gasteiger partial charge in [-0.1, -0.05) is 0 Å². The van der Waals surface area contributed by atoms with Crippen LogP contribution >= 0.6 is 0 Å². The van der Waals surface area contributed by atoms with Crippen LogP contribution in [0.5, 0.6) is 0 Å². The lowest BCUT2D eigenvalue weighted by molar-refractivity contribution is -0.129. The number of sulfone groups is 1. The SMILES string of the molecule is O=C(O)c1ccc(S(=O)(=O)CCC(F)(F)F)o1. The Hall–Kier alpha value is -1.51. The molecule has 0 bridgehead atoms. The average Bonchev–Trinajstić information content (AvgIpc) is 2.63. The van der Waals surface area contributed by atoms with Crippen molar-refractivity contribution in [2.45, 2.75) is 17.7 Å². The topological polar surface area (TPSA) is 84.6 Å². The number of rotatable bonds is 4. The van der Waals surface area contributed by atoms with Gasteiger partial charge in [0.05, 0.1) is 12.2 Å². The van der Waals surface area contributed by atoms with Gasteiger partial charge in [0, 0.05) is 0 Å². The van der Waals surface area contributed by atoms with Crippen molar-refractivity contribution >= 4 is 15.8 Å². The van der Waals surface area contributed by atoms with Gasteiger partial charge in [0.2, 0.25) is 20.7 Å². The minimum atomic E-state index is -4.60. The maximum absolute atomic E-state index is 11.8. The van der Waals surface area contributed by atoms with Gasteiger partial charge < -0.3 is 9.52 Å². The van der Waals surface area contributed by atoms with Gasteiger partial charge in [0.15, 0.2) is 0 Å². The normalized spacial score (nSPS) is 12.6. The van der Waals surface area contributed by atoms with Crippen LogP contribution in [0.3, 0.4) is 0 Å². The van der Waals surface area contributed by atoms with Crippen LogP contribution in [-0.2, 0) is 9.84 Å². The van der Waals surface area contributed by atoms with Gasteiger partial charge in [0.25, 0.3) is 0 Å². The number of hydrogen-bond acceptors (Lipinski definition) is 4. The molecular formula is C8H7F3O5S. The third kappa shape index (κ3) is 3.77. The van der Waals surface area contributed by atoms with Crippen molar-refractivity contribution in [2.24, 2.45) is 0 Å². The Balaban J connectivity index is 2.86. The largest absolute Gasteiger partial charge is 0.475 e. The van der Waals surface area contributed by atoms with Crippen LogP contribution in [0.15, 0.2) is 21.6 Å². The molecule has 17 heavy (non-hydrogen) atoms. The van der Waals surface area contributed by atoms with E-state index < -0.39 is 45.0 Å². The van der Waals surface area contributed by atoms with Crippen LogP contribution in [0.4, 0.5) is 13.2 Å². The minimum Gasteiger partial charge on any atom is -0.475 e. The van der Waals surface area contributed by atoms with Crippen LogP contribution in [0.1, 0.15) is 17.0 Å². The van der Waals surface area contributed by atoms with Crippen molar-refractivity contribution in [3.8, 4) is 0 Å². The van der Waals surface area contributed by atoms with Gasteiger partial charge in [0.1, 0.15) is 0 Å². The number of furan rings is 1. The lowest BCUT2D eigenvalue weighted by atomic mass is 10.5. The molecule has 0 radical (unpaired) electrons. The maximum Gasteiger partial charge on any atom is 0.390 e. The van der Waals surface area contributed by atoms with Crippen molar-refractivity contribution in [3.05, 3.63) is 17.9 Å². The van der Waals surface area contributed by atoms with Crippen molar-refractivity contribution in [1.82, 2.24) is 0 Å². The first-order chi connectivity index (χ1) is 7.62. The first-order valence-electron chi connectivity index (χ1n) is 4.24. The molecular weight excluding hydrogens is 265 g/mol. The molecule has 0 amide bonds. The van der Waals surface area contributed by atoms with Gasteiger partial charge >= 0.3 is 12.1 Å². The van der Waals surface area contributed by atoms with Gasteiger partial charge in [-0.05, 0) is 12.1 Å². The summed E-state index contributed by atoms with van der Waals surface area (Å²) in [6.45, 7) is 0. The van der Waals surface area contributed by atoms with Gasteiger partial charge in [-0.3, -0.25) is 0 Å². The lowest BCUT2D eigenvalue weighted by Gasteiger charge is -2.05. The van der Waals surface area contributed by atoms with E-state index in [1.165, 1.54) is 0 Å². The van der Waals surface area contributed by atoms with E-state index in [2.05, 4.69) is 4.42 Å². The molecule has 0 aliphatic carbocycles. The number of alkyl halides is 3. The van der Waals surface area contributed by atoms with E-state index in [0.29, 0.717) is 0 Å². The van der Waals surface area contributed by atoms with E-state index in [0.717, 1.165) is 12.1 Å². The molecule has 0 aliphatic rings. The highest BCUT2D eigenvalue weighted by Crippen LogP contribution is 2.23. The number of aromatic carboxylic acids is 1. The monoisotopic (exact) mass is 272 g/mol. The Morgan fingerprint density at radius 3 is 2.35 bits per heavy atom. The van der Waals surface area contributed by atoms with Crippen LogP contribution in [0, 0.1) is 0 Å². The number of carboxylic acid groups (broad SMARTS) is 1.